The normalized spacial score (nSPS) is 26.9. The predicted octanol–water partition coefficient (Wildman–Crippen LogP) is -16.8. The second kappa shape index (κ2) is 50.9. The second-order valence-electron chi connectivity index (χ2n) is 34.0. The van der Waals surface area contributed by atoms with Crippen LogP contribution in [0, 0.1) is 5.92 Å². The van der Waals surface area contributed by atoms with Crippen molar-refractivity contribution in [2.24, 2.45) is 11.7 Å². The Morgan fingerprint density at radius 3 is 1.06 bits per heavy atom. The third kappa shape index (κ3) is 28.9. The molecule has 0 bridgehead atoms. The number of hydrogen-bond donors (Lipinski definition) is 28. The van der Waals surface area contributed by atoms with E-state index in [2.05, 4.69) is 69.1 Å². The Labute approximate surface area is 762 Å². The molecule has 0 radical (unpaired) electrons. The molecular formula is C79H130N18O36. The standard InChI is InChI=1S/C79H130N18O36/c1-30(2)50(88-66(117)44-17-12-20-94(44)74(125)42(27-100)86-65(116)43-16-13-22-96(43)76(127)56(93-69(120)51(32(4)103)87-49(109)24-80)37(9)131-79-58(83-39(11)108)62(113)60(111)48(29-102)133-79)75(126)95-21-14-18-45(95)67(118)90-54(35(7)106)70(121)91-52(33(5)104)68(119)84-41(26-99)64(115)89-53(34(6)105)71(122)92-55(36(8)130-78-57(82-38(10)107)61(112)59(110)47(28-101)132-78)72(123)85-40(25-98)63(114)81-31(3)73(124)97-23-15-19-46(97)77(128)129/h30-37,40-48,50-62,78-79,98-106,110-113H,12-29,80H2,1-11H3,(H,81,114)(H,82,107)(H,83,108)(H,84,119)(H,85,123)(H,86,116)(H,87,109)(H,88,117)(H,89,115)(H,90,118)(H,91,121)(H,92,122)(H,93,120)(H,128,129)/t31-,32+,33+,34+,35+,36+,37+,40-,41-,42-,43-,44-,45-,46-,47+,48+,50-,51-,52-,53-,54-,55-,56-,57+,58+,59-,60-,61+,62+,78-,79-/m0/s1. The molecule has 0 unspecified atom stereocenters. The van der Waals surface area contributed by atoms with Crippen molar-refractivity contribution in [3.8, 4) is 0 Å². The zero-order valence-electron chi connectivity index (χ0n) is 75.3. The lowest BCUT2D eigenvalue weighted by atomic mass is 9.96. The molecule has 6 fully saturated rings. The number of ether oxygens (including phenoxy) is 4. The lowest BCUT2D eigenvalue weighted by Crippen LogP contribution is -2.67. The van der Waals surface area contributed by atoms with Gasteiger partial charge in [-0.15, -0.1) is 0 Å². The number of nitrogens with two attached hydrogens (primary N) is 1. The average Bonchev–Trinajstić information content (AvgIpc) is 1.60. The van der Waals surface area contributed by atoms with E-state index in [0.717, 1.165) is 68.1 Å². The number of carbonyl (C=O) groups excluding carboxylic acids is 17. The van der Waals surface area contributed by atoms with Crippen molar-refractivity contribution in [3.05, 3.63) is 0 Å². The van der Waals surface area contributed by atoms with Crippen LogP contribution in [0.5, 0.6) is 0 Å². The van der Waals surface area contributed by atoms with Gasteiger partial charge in [0.25, 0.3) is 0 Å². The molecule has 54 nitrogen and oxygen atoms in total. The lowest BCUT2D eigenvalue weighted by Gasteiger charge is -2.43. The maximum Gasteiger partial charge on any atom is 0.326 e. The number of hydrogen-bond acceptors (Lipinski definition) is 36. The van der Waals surface area contributed by atoms with E-state index in [-0.39, 0.29) is 71.1 Å². The number of nitrogens with zero attached hydrogens (tertiary/aromatic N) is 4. The number of likely N-dealkylation sites (tertiary alicyclic amines) is 4. The van der Waals surface area contributed by atoms with Crippen molar-refractivity contribution in [1.29, 1.82) is 0 Å². The third-order valence-electron chi connectivity index (χ3n) is 23.5. The summed E-state index contributed by atoms with van der Waals surface area (Å²) in [5.74, 6) is -21.0. The number of aliphatic carboxylic acids is 1. The van der Waals surface area contributed by atoms with Crippen molar-refractivity contribution in [2.75, 3.05) is 65.8 Å². The number of aliphatic hydroxyl groups is 13. The molecule has 752 valence electrons. The molecule has 6 rings (SSSR count). The van der Waals surface area contributed by atoms with Gasteiger partial charge in [0.15, 0.2) is 12.6 Å². The van der Waals surface area contributed by atoms with E-state index in [1.54, 1.807) is 0 Å². The minimum Gasteiger partial charge on any atom is -0.480 e. The predicted molar refractivity (Wildman–Crippen MR) is 447 cm³/mol. The van der Waals surface area contributed by atoms with Gasteiger partial charge in [-0.2, -0.15) is 0 Å². The van der Waals surface area contributed by atoms with Crippen LogP contribution in [0.25, 0.3) is 0 Å². The molecule has 6 heterocycles. The molecule has 0 aliphatic carbocycles. The van der Waals surface area contributed by atoms with Crippen LogP contribution in [0.1, 0.15) is 128 Å². The van der Waals surface area contributed by atoms with Crippen LogP contribution in [0.4, 0.5) is 0 Å². The van der Waals surface area contributed by atoms with Crippen LogP contribution in [-0.4, -0.2) is 452 Å². The molecule has 0 saturated carbocycles. The monoisotopic (exact) mass is 1910 g/mol. The Balaban J connectivity index is 1.12. The summed E-state index contributed by atoms with van der Waals surface area (Å²) < 4.78 is 23.3. The van der Waals surface area contributed by atoms with Crippen LogP contribution in [0.15, 0.2) is 0 Å². The summed E-state index contributed by atoms with van der Waals surface area (Å²) in [5.41, 5.74) is 5.45. The Morgan fingerprint density at radius 1 is 0.368 bits per heavy atom. The summed E-state index contributed by atoms with van der Waals surface area (Å²) in [7, 11) is 0. The number of rotatable bonds is 45. The molecule has 0 aromatic rings. The van der Waals surface area contributed by atoms with Gasteiger partial charge < -0.3 is 185 Å². The number of carbonyl (C=O) groups is 18. The van der Waals surface area contributed by atoms with Gasteiger partial charge in [0, 0.05) is 40.0 Å². The highest BCUT2D eigenvalue weighted by molar-refractivity contribution is 6.02. The summed E-state index contributed by atoms with van der Waals surface area (Å²) in [6.07, 6.45) is -24.4. The van der Waals surface area contributed by atoms with Crippen LogP contribution in [0.2, 0.25) is 0 Å². The van der Waals surface area contributed by atoms with E-state index in [4.69, 9.17) is 24.7 Å². The minimum absolute atomic E-state index is 0.0142. The number of amides is 17. The molecule has 6 aliphatic rings. The fraction of sp³-hybridized carbons (Fsp3) is 0.772. The summed E-state index contributed by atoms with van der Waals surface area (Å²) in [6.45, 7) is 6.11. The molecule has 6 saturated heterocycles. The van der Waals surface area contributed by atoms with Crippen molar-refractivity contribution in [1.82, 2.24) is 88.7 Å². The summed E-state index contributed by atoms with van der Waals surface area (Å²) >= 11 is 0. The van der Waals surface area contributed by atoms with Crippen molar-refractivity contribution in [2.45, 2.75) is 316 Å². The first-order valence-electron chi connectivity index (χ1n) is 43.6. The van der Waals surface area contributed by atoms with Gasteiger partial charge >= 0.3 is 5.97 Å². The van der Waals surface area contributed by atoms with Gasteiger partial charge in [-0.25, -0.2) is 4.79 Å². The lowest BCUT2D eigenvalue weighted by molar-refractivity contribution is -0.282. The summed E-state index contributed by atoms with van der Waals surface area (Å²) in [5, 5.41) is 178. The highest BCUT2D eigenvalue weighted by Crippen LogP contribution is 2.30. The highest BCUT2D eigenvalue weighted by atomic mass is 16.7. The van der Waals surface area contributed by atoms with E-state index in [9.17, 15) is 158 Å². The van der Waals surface area contributed by atoms with Crippen molar-refractivity contribution >= 4 is 106 Å². The largest absolute Gasteiger partial charge is 0.480 e. The van der Waals surface area contributed by atoms with E-state index < -0.39 is 340 Å². The quantitative estimate of drug-likeness (QED) is 0.0269. The van der Waals surface area contributed by atoms with Crippen LogP contribution < -0.4 is 74.9 Å². The number of carboxylic acids is 1. The molecule has 0 spiro atoms. The number of aliphatic hydroxyl groups excluding tert-OH is 13. The van der Waals surface area contributed by atoms with Gasteiger partial charge in [0.2, 0.25) is 100 Å². The van der Waals surface area contributed by atoms with E-state index in [1.807, 2.05) is 0 Å². The topological polar surface area (TPSA) is 823 Å². The zero-order chi connectivity index (χ0) is 99.9. The first-order valence-corrected chi connectivity index (χ1v) is 43.6. The van der Waals surface area contributed by atoms with Gasteiger partial charge in [0.05, 0.1) is 76.2 Å². The average molecular weight is 1910 g/mol. The maximum absolute atomic E-state index is 14.9. The van der Waals surface area contributed by atoms with Crippen LogP contribution in [-0.2, 0) is 105 Å². The fourth-order valence-corrected chi connectivity index (χ4v) is 16.1. The van der Waals surface area contributed by atoms with Crippen LogP contribution >= 0.6 is 0 Å². The van der Waals surface area contributed by atoms with E-state index in [1.165, 1.54) is 27.7 Å². The Hall–Kier alpha value is -10.3. The van der Waals surface area contributed by atoms with Gasteiger partial charge in [-0.05, 0) is 106 Å². The third-order valence-corrected chi connectivity index (χ3v) is 23.5. The van der Waals surface area contributed by atoms with Crippen molar-refractivity contribution in [3.63, 3.8) is 0 Å². The van der Waals surface area contributed by atoms with Gasteiger partial charge in [-0.3, -0.25) is 81.5 Å². The van der Waals surface area contributed by atoms with Gasteiger partial charge in [-0.1, -0.05) is 13.8 Å². The molecule has 0 aromatic carbocycles. The number of nitrogens with one attached hydrogen (secondary N) is 13. The molecule has 0 aromatic heterocycles. The molecule has 29 N–H and O–H groups in total. The Kier molecular flexibility index (Phi) is 42.7. The minimum atomic E-state index is -2.23. The first kappa shape index (κ1) is 111. The van der Waals surface area contributed by atoms with Crippen LogP contribution in [0.3, 0.4) is 0 Å². The molecule has 133 heavy (non-hydrogen) atoms. The second-order valence-corrected chi connectivity index (χ2v) is 34.0. The van der Waals surface area contributed by atoms with E-state index in [0.29, 0.717) is 6.42 Å². The Bertz CT molecular complexity index is 4100. The smallest absolute Gasteiger partial charge is 0.326 e. The number of carboxylic acid groups (broad SMARTS) is 1. The molecule has 31 atom stereocenters. The Morgan fingerprint density at radius 2 is 0.684 bits per heavy atom. The summed E-state index contributed by atoms with van der Waals surface area (Å²) in [6, 6.07) is -29.9. The molecule has 54 heteroatoms. The first-order chi connectivity index (χ1) is 62.4. The zero-order valence-corrected chi connectivity index (χ0v) is 75.3. The van der Waals surface area contributed by atoms with E-state index >= 15 is 0 Å². The summed E-state index contributed by atoms with van der Waals surface area (Å²) in [4.78, 5) is 253. The van der Waals surface area contributed by atoms with Crippen molar-refractivity contribution < 1.29 is 177 Å². The highest BCUT2D eigenvalue weighted by Gasteiger charge is 2.53. The SMILES string of the molecule is CC(=O)N[C@H]1[C@@H](O[C@H](C)[C@H](NC(=O)[C@@H](NC(=O)[C@H](CO)NC(=O)[C@@H](NC(=O)[C@@H](NC(=O)[C@@H]2CCCN2C(=O)[C@@H](NC(=O)[C@@H]2CCCN2C(=O)[C@H](CO)NC(=O)[C@@H]2CCCN2C(=O)[C@@H](NC(=O)[C@@H](NC(=O)CN)[C@@H](C)O)[C@@H](C)O[C@H]2O[C@H](CO)[C@H](O)[C@H](O)[C@H]2NC(C)=O)C(C)C)[C@@H](C)O)[C@@H](C)O)[C@@H](C)O)C(=O)N[C@@H](CO)C(=O)N[C@@H](C)C(=O)N2CCC[C@H]2C(=O)O)O[C@H](CO)[C@H](O)[C@@H]1O. The molecule has 6 aliphatic heterocycles. The van der Waals surface area contributed by atoms with Gasteiger partial charge in [0.1, 0.15) is 139 Å². The fourth-order valence-electron chi connectivity index (χ4n) is 16.1. The molecule has 17 amide bonds. The maximum atomic E-state index is 14.9. The molecular weight excluding hydrogens is 1780 g/mol.